The molecule has 0 aliphatic carbocycles. The highest BCUT2D eigenvalue weighted by Gasteiger charge is 2.40. The molecule has 3 aromatic carbocycles. The molecule has 0 aromatic heterocycles. The summed E-state index contributed by atoms with van der Waals surface area (Å²) in [4.78, 5) is 30.7. The highest BCUT2D eigenvalue weighted by atomic mass is 16.7. The lowest BCUT2D eigenvalue weighted by Gasteiger charge is -2.35. The van der Waals surface area contributed by atoms with Gasteiger partial charge in [-0.15, -0.1) is 0 Å². The van der Waals surface area contributed by atoms with Crippen LogP contribution in [0.4, 0.5) is 0 Å². The lowest BCUT2D eigenvalue weighted by Crippen LogP contribution is -2.44. The second kappa shape index (κ2) is 10.0. The Hall–Kier alpha value is -3.44. The van der Waals surface area contributed by atoms with E-state index in [1.54, 1.807) is 0 Å². The largest absolute Gasteiger partial charge is 0.481 e. The van der Waals surface area contributed by atoms with Gasteiger partial charge in [0.1, 0.15) is 5.92 Å². The van der Waals surface area contributed by atoms with Crippen LogP contribution < -0.4 is 5.48 Å². The third-order valence-electron chi connectivity index (χ3n) is 5.17. The van der Waals surface area contributed by atoms with Crippen LogP contribution in [0.15, 0.2) is 91.0 Å². The quantitative estimate of drug-likeness (QED) is 0.299. The summed E-state index contributed by atoms with van der Waals surface area (Å²) in [6.07, 6.45) is 0.222. The Morgan fingerprint density at radius 3 is 1.52 bits per heavy atom. The summed E-state index contributed by atoms with van der Waals surface area (Å²) in [5, 5.41) is 9.56. The molecule has 0 fully saturated rings. The molecule has 0 heterocycles. The number of carbonyl (C=O) groups excluding carboxylic acids is 1. The minimum absolute atomic E-state index is 0.0500. The molecule has 0 radical (unpaired) electrons. The van der Waals surface area contributed by atoms with Crippen LogP contribution in [0.5, 0.6) is 0 Å². The van der Waals surface area contributed by atoms with Crippen molar-refractivity contribution < 1.29 is 19.5 Å². The van der Waals surface area contributed by atoms with E-state index in [0.717, 1.165) is 16.7 Å². The zero-order valence-electron chi connectivity index (χ0n) is 17.7. The second-order valence-corrected chi connectivity index (χ2v) is 7.87. The number of amides is 1. The van der Waals surface area contributed by atoms with Crippen LogP contribution in [-0.4, -0.2) is 17.0 Å². The molecule has 0 bridgehead atoms. The van der Waals surface area contributed by atoms with Gasteiger partial charge in [0.2, 0.25) is 0 Å². The molecule has 0 aliphatic rings. The van der Waals surface area contributed by atoms with E-state index in [4.69, 9.17) is 4.84 Å². The van der Waals surface area contributed by atoms with Crippen LogP contribution >= 0.6 is 0 Å². The molecular formula is C26H27NO4. The summed E-state index contributed by atoms with van der Waals surface area (Å²) >= 11 is 0. The average molecular weight is 418 g/mol. The monoisotopic (exact) mass is 417 g/mol. The van der Waals surface area contributed by atoms with Crippen LogP contribution in [0, 0.1) is 11.8 Å². The molecule has 31 heavy (non-hydrogen) atoms. The first kappa shape index (κ1) is 22.2. The third kappa shape index (κ3) is 5.01. The third-order valence-corrected chi connectivity index (χ3v) is 5.17. The highest BCUT2D eigenvalue weighted by Crippen LogP contribution is 2.39. The van der Waals surface area contributed by atoms with E-state index < -0.39 is 23.4 Å². The Bertz CT molecular complexity index is 891. The van der Waals surface area contributed by atoms with Crippen LogP contribution in [0.25, 0.3) is 0 Å². The summed E-state index contributed by atoms with van der Waals surface area (Å²) in [5.41, 5.74) is 3.76. The van der Waals surface area contributed by atoms with Crippen LogP contribution in [0.2, 0.25) is 0 Å². The van der Waals surface area contributed by atoms with Crippen LogP contribution in [0.3, 0.4) is 0 Å². The molecule has 0 spiro atoms. The van der Waals surface area contributed by atoms with Gasteiger partial charge in [-0.05, 0) is 29.0 Å². The van der Waals surface area contributed by atoms with Crippen molar-refractivity contribution in [2.24, 2.45) is 11.8 Å². The van der Waals surface area contributed by atoms with Gasteiger partial charge in [-0.3, -0.25) is 14.4 Å². The number of nitrogens with one attached hydrogen (secondary N) is 1. The summed E-state index contributed by atoms with van der Waals surface area (Å²) in [6.45, 7) is 3.76. The predicted octanol–water partition coefficient (Wildman–Crippen LogP) is 4.77. The number of hydroxylamine groups is 1. The molecule has 5 nitrogen and oxygen atoms in total. The fourth-order valence-electron chi connectivity index (χ4n) is 3.68. The van der Waals surface area contributed by atoms with Crippen molar-refractivity contribution in [1.82, 2.24) is 5.48 Å². The lowest BCUT2D eigenvalue weighted by atomic mass is 9.80. The number of aliphatic carboxylic acids is 1. The minimum atomic E-state index is -1.19. The van der Waals surface area contributed by atoms with Gasteiger partial charge in [-0.25, -0.2) is 5.48 Å². The van der Waals surface area contributed by atoms with E-state index >= 15 is 0 Å². The maximum atomic E-state index is 12.8. The lowest BCUT2D eigenvalue weighted by molar-refractivity contribution is -0.158. The van der Waals surface area contributed by atoms with Crippen molar-refractivity contribution in [3.63, 3.8) is 0 Å². The molecule has 160 valence electrons. The number of rotatable bonds is 9. The molecule has 3 aromatic rings. The molecule has 0 saturated carbocycles. The van der Waals surface area contributed by atoms with Gasteiger partial charge in [-0.1, -0.05) is 105 Å². The molecular weight excluding hydrogens is 390 g/mol. The first-order valence-electron chi connectivity index (χ1n) is 10.3. The molecule has 1 unspecified atom stereocenters. The SMILES string of the molecule is CC(C)CC(C(=O)O)C(=O)NOC(c1ccccc1)(c1ccccc1)c1ccccc1. The Morgan fingerprint density at radius 1 is 0.806 bits per heavy atom. The van der Waals surface area contributed by atoms with Gasteiger partial charge in [0, 0.05) is 0 Å². The molecule has 2 N–H and O–H groups in total. The van der Waals surface area contributed by atoms with Crippen molar-refractivity contribution in [3.05, 3.63) is 108 Å². The highest BCUT2D eigenvalue weighted by molar-refractivity contribution is 5.96. The number of hydrogen-bond donors (Lipinski definition) is 2. The van der Waals surface area contributed by atoms with Gasteiger partial charge in [0.15, 0.2) is 5.60 Å². The van der Waals surface area contributed by atoms with Crippen molar-refractivity contribution >= 4 is 11.9 Å². The van der Waals surface area contributed by atoms with E-state index in [0.29, 0.717) is 0 Å². The van der Waals surface area contributed by atoms with Gasteiger partial charge < -0.3 is 5.11 Å². The first-order chi connectivity index (χ1) is 14.9. The normalized spacial score (nSPS) is 12.4. The van der Waals surface area contributed by atoms with Crippen molar-refractivity contribution in [2.75, 3.05) is 0 Å². The van der Waals surface area contributed by atoms with E-state index in [1.165, 1.54) is 0 Å². The Morgan fingerprint density at radius 2 is 1.19 bits per heavy atom. The molecule has 0 saturated heterocycles. The Balaban J connectivity index is 2.08. The fourth-order valence-corrected chi connectivity index (χ4v) is 3.68. The van der Waals surface area contributed by atoms with E-state index in [9.17, 15) is 14.7 Å². The van der Waals surface area contributed by atoms with Gasteiger partial charge in [-0.2, -0.15) is 0 Å². The number of hydrogen-bond acceptors (Lipinski definition) is 3. The van der Waals surface area contributed by atoms with E-state index in [-0.39, 0.29) is 12.3 Å². The number of carboxylic acids is 1. The number of carboxylic acid groups (broad SMARTS) is 1. The standard InChI is InChI=1S/C26H27NO4/c1-19(2)18-23(25(29)30)24(28)27-31-26(20-12-6-3-7-13-20,21-14-8-4-9-15-21)22-16-10-5-11-17-22/h3-17,19,23H,18H2,1-2H3,(H,27,28)(H,29,30). The summed E-state index contributed by atoms with van der Waals surface area (Å²) in [7, 11) is 0. The molecule has 3 rings (SSSR count). The summed E-state index contributed by atoms with van der Waals surface area (Å²) in [6, 6.07) is 28.7. The van der Waals surface area contributed by atoms with E-state index in [1.807, 2.05) is 105 Å². The average Bonchev–Trinajstić information content (AvgIpc) is 2.79. The maximum absolute atomic E-state index is 12.8. The second-order valence-electron chi connectivity index (χ2n) is 7.87. The van der Waals surface area contributed by atoms with Crippen molar-refractivity contribution in [1.29, 1.82) is 0 Å². The Labute approximate surface area is 182 Å². The number of benzene rings is 3. The van der Waals surface area contributed by atoms with Crippen LogP contribution in [0.1, 0.15) is 37.0 Å². The number of carbonyl (C=O) groups is 2. The zero-order chi connectivity index (χ0) is 22.3. The topological polar surface area (TPSA) is 75.6 Å². The summed E-state index contributed by atoms with van der Waals surface area (Å²) < 4.78 is 0. The Kier molecular flexibility index (Phi) is 7.21. The molecule has 1 amide bonds. The van der Waals surface area contributed by atoms with Gasteiger partial charge >= 0.3 is 5.97 Å². The van der Waals surface area contributed by atoms with Gasteiger partial charge in [0.05, 0.1) is 0 Å². The van der Waals surface area contributed by atoms with Crippen LogP contribution in [-0.2, 0) is 20.0 Å². The minimum Gasteiger partial charge on any atom is -0.481 e. The summed E-state index contributed by atoms with van der Waals surface area (Å²) in [5.74, 6) is -2.98. The maximum Gasteiger partial charge on any atom is 0.316 e. The smallest absolute Gasteiger partial charge is 0.316 e. The first-order valence-corrected chi connectivity index (χ1v) is 10.3. The van der Waals surface area contributed by atoms with Crippen molar-refractivity contribution in [2.45, 2.75) is 25.9 Å². The predicted molar refractivity (Wildman–Crippen MR) is 119 cm³/mol. The molecule has 0 aliphatic heterocycles. The van der Waals surface area contributed by atoms with E-state index in [2.05, 4.69) is 5.48 Å². The molecule has 5 heteroatoms. The van der Waals surface area contributed by atoms with Gasteiger partial charge in [0.25, 0.3) is 5.91 Å². The fraction of sp³-hybridized carbons (Fsp3) is 0.231. The van der Waals surface area contributed by atoms with Crippen molar-refractivity contribution in [3.8, 4) is 0 Å². The molecule has 1 atom stereocenters. The zero-order valence-corrected chi connectivity index (χ0v) is 17.7.